The SMILES string of the molecule is NNC(=O)CCCCCOc1ccc(F)cc1Br. The van der Waals surface area contributed by atoms with Gasteiger partial charge in [-0.3, -0.25) is 10.2 Å². The summed E-state index contributed by atoms with van der Waals surface area (Å²) in [5.41, 5.74) is 2.08. The molecule has 0 fully saturated rings. The van der Waals surface area contributed by atoms with Crippen LogP contribution in [0.25, 0.3) is 0 Å². The minimum atomic E-state index is -0.304. The Balaban J connectivity index is 2.16. The number of nitrogens with two attached hydrogens (primary N) is 1. The minimum absolute atomic E-state index is 0.155. The number of hydrogen-bond donors (Lipinski definition) is 2. The maximum Gasteiger partial charge on any atom is 0.233 e. The van der Waals surface area contributed by atoms with Crippen LogP contribution < -0.4 is 16.0 Å². The molecule has 0 aliphatic rings. The predicted octanol–water partition coefficient (Wildman–Crippen LogP) is 2.52. The van der Waals surface area contributed by atoms with Crippen molar-refractivity contribution in [1.82, 2.24) is 5.43 Å². The van der Waals surface area contributed by atoms with Crippen LogP contribution in [0.5, 0.6) is 5.75 Å². The van der Waals surface area contributed by atoms with E-state index in [-0.39, 0.29) is 11.7 Å². The van der Waals surface area contributed by atoms with Gasteiger partial charge in [0.2, 0.25) is 5.91 Å². The average Bonchev–Trinajstić information content (AvgIpc) is 2.35. The van der Waals surface area contributed by atoms with Crippen molar-refractivity contribution in [1.29, 1.82) is 0 Å². The maximum absolute atomic E-state index is 12.8. The maximum atomic E-state index is 12.8. The van der Waals surface area contributed by atoms with Crippen LogP contribution in [-0.4, -0.2) is 12.5 Å². The standard InChI is InChI=1S/C12H16BrFN2O2/c13-10-8-9(14)5-6-11(10)18-7-3-1-2-4-12(17)16-15/h5-6,8H,1-4,7,15H2,(H,16,17). The fourth-order valence-electron chi connectivity index (χ4n) is 1.41. The van der Waals surface area contributed by atoms with E-state index < -0.39 is 0 Å². The summed E-state index contributed by atoms with van der Waals surface area (Å²) in [4.78, 5) is 10.8. The molecule has 0 saturated heterocycles. The van der Waals surface area contributed by atoms with E-state index in [4.69, 9.17) is 10.6 Å². The summed E-state index contributed by atoms with van der Waals surface area (Å²) in [5.74, 6) is 5.12. The highest BCUT2D eigenvalue weighted by atomic mass is 79.9. The van der Waals surface area contributed by atoms with Crippen LogP contribution in [0.15, 0.2) is 22.7 Å². The zero-order chi connectivity index (χ0) is 13.4. The van der Waals surface area contributed by atoms with Crippen molar-refractivity contribution in [2.75, 3.05) is 6.61 Å². The lowest BCUT2D eigenvalue weighted by Crippen LogP contribution is -2.29. The van der Waals surface area contributed by atoms with Gasteiger partial charge in [-0.1, -0.05) is 0 Å². The van der Waals surface area contributed by atoms with Gasteiger partial charge in [-0.2, -0.15) is 0 Å². The average molecular weight is 319 g/mol. The summed E-state index contributed by atoms with van der Waals surface area (Å²) >= 11 is 3.23. The Bertz CT molecular complexity index is 402. The van der Waals surface area contributed by atoms with E-state index in [0.717, 1.165) is 19.3 Å². The summed E-state index contributed by atoms with van der Waals surface area (Å²) in [6, 6.07) is 4.30. The molecular formula is C12H16BrFN2O2. The van der Waals surface area contributed by atoms with Gasteiger partial charge in [0.1, 0.15) is 11.6 Å². The van der Waals surface area contributed by atoms with E-state index in [0.29, 0.717) is 23.2 Å². The van der Waals surface area contributed by atoms with Gasteiger partial charge in [0.25, 0.3) is 0 Å². The molecule has 18 heavy (non-hydrogen) atoms. The van der Waals surface area contributed by atoms with E-state index in [9.17, 15) is 9.18 Å². The quantitative estimate of drug-likeness (QED) is 0.351. The first-order chi connectivity index (χ1) is 8.63. The molecule has 1 rings (SSSR count). The van der Waals surface area contributed by atoms with Crippen LogP contribution in [0.1, 0.15) is 25.7 Å². The molecule has 1 aromatic carbocycles. The summed E-state index contributed by atoms with van der Waals surface area (Å²) in [5, 5.41) is 0. The number of hydrogen-bond acceptors (Lipinski definition) is 3. The number of ether oxygens (including phenoxy) is 1. The Hall–Kier alpha value is -1.14. The number of carbonyl (C=O) groups is 1. The summed E-state index contributed by atoms with van der Waals surface area (Å²) in [7, 11) is 0. The third-order valence-electron chi connectivity index (χ3n) is 2.36. The third-order valence-corrected chi connectivity index (χ3v) is 2.98. The molecule has 0 atom stereocenters. The number of carbonyl (C=O) groups excluding carboxylic acids is 1. The number of nitrogens with one attached hydrogen (secondary N) is 1. The molecule has 0 unspecified atom stereocenters. The van der Waals surface area contributed by atoms with Gasteiger partial charge in [0.05, 0.1) is 11.1 Å². The molecule has 4 nitrogen and oxygen atoms in total. The first kappa shape index (κ1) is 14.9. The van der Waals surface area contributed by atoms with Crippen LogP contribution in [0.3, 0.4) is 0 Å². The van der Waals surface area contributed by atoms with Gasteiger partial charge >= 0.3 is 0 Å². The number of benzene rings is 1. The van der Waals surface area contributed by atoms with Crippen molar-refractivity contribution in [2.45, 2.75) is 25.7 Å². The highest BCUT2D eigenvalue weighted by Crippen LogP contribution is 2.25. The first-order valence-corrected chi connectivity index (χ1v) is 6.50. The molecule has 0 radical (unpaired) electrons. The summed E-state index contributed by atoms with van der Waals surface area (Å²) < 4.78 is 18.9. The van der Waals surface area contributed by atoms with Crippen LogP contribution in [-0.2, 0) is 4.79 Å². The molecule has 0 heterocycles. The van der Waals surface area contributed by atoms with Crippen molar-refractivity contribution in [3.63, 3.8) is 0 Å². The Kier molecular flexibility index (Phi) is 6.67. The van der Waals surface area contributed by atoms with Crippen molar-refractivity contribution in [3.8, 4) is 5.75 Å². The van der Waals surface area contributed by atoms with E-state index >= 15 is 0 Å². The molecule has 0 aromatic heterocycles. The number of rotatable bonds is 7. The number of unbranched alkanes of at least 4 members (excludes halogenated alkanes) is 2. The van der Waals surface area contributed by atoms with Crippen molar-refractivity contribution < 1.29 is 13.9 Å². The topological polar surface area (TPSA) is 64.3 Å². The zero-order valence-corrected chi connectivity index (χ0v) is 11.5. The second-order valence-electron chi connectivity index (χ2n) is 3.80. The van der Waals surface area contributed by atoms with Crippen molar-refractivity contribution >= 4 is 21.8 Å². The number of hydrazine groups is 1. The summed E-state index contributed by atoms with van der Waals surface area (Å²) in [6.45, 7) is 0.536. The minimum Gasteiger partial charge on any atom is -0.492 e. The Morgan fingerprint density at radius 3 is 2.83 bits per heavy atom. The molecule has 0 saturated carbocycles. The smallest absolute Gasteiger partial charge is 0.233 e. The van der Waals surface area contributed by atoms with E-state index in [2.05, 4.69) is 21.4 Å². The van der Waals surface area contributed by atoms with E-state index in [1.165, 1.54) is 12.1 Å². The lowest BCUT2D eigenvalue weighted by molar-refractivity contribution is -0.121. The Labute approximate surface area is 114 Å². The molecule has 3 N–H and O–H groups in total. The zero-order valence-electron chi connectivity index (χ0n) is 9.92. The van der Waals surface area contributed by atoms with Crippen molar-refractivity contribution in [3.05, 3.63) is 28.5 Å². The van der Waals surface area contributed by atoms with E-state index in [1.54, 1.807) is 6.07 Å². The van der Waals surface area contributed by atoms with Gasteiger partial charge in [0.15, 0.2) is 0 Å². The fraction of sp³-hybridized carbons (Fsp3) is 0.417. The van der Waals surface area contributed by atoms with Crippen LogP contribution in [0.2, 0.25) is 0 Å². The number of amides is 1. The van der Waals surface area contributed by atoms with Gasteiger partial charge in [-0.25, -0.2) is 10.2 Å². The van der Waals surface area contributed by atoms with Crippen molar-refractivity contribution in [2.24, 2.45) is 5.84 Å². The molecular weight excluding hydrogens is 303 g/mol. The Morgan fingerprint density at radius 2 is 2.17 bits per heavy atom. The Morgan fingerprint density at radius 1 is 1.39 bits per heavy atom. The first-order valence-electron chi connectivity index (χ1n) is 5.71. The van der Waals surface area contributed by atoms with Crippen LogP contribution in [0, 0.1) is 5.82 Å². The number of halogens is 2. The second kappa shape index (κ2) is 8.05. The monoisotopic (exact) mass is 318 g/mol. The molecule has 1 amide bonds. The lowest BCUT2D eigenvalue weighted by atomic mass is 10.2. The second-order valence-corrected chi connectivity index (χ2v) is 4.66. The van der Waals surface area contributed by atoms with Gasteiger partial charge < -0.3 is 4.74 Å². The molecule has 0 aliphatic heterocycles. The molecule has 0 bridgehead atoms. The van der Waals surface area contributed by atoms with Gasteiger partial charge in [-0.05, 0) is 53.4 Å². The van der Waals surface area contributed by atoms with Crippen LogP contribution >= 0.6 is 15.9 Å². The molecule has 6 heteroatoms. The van der Waals surface area contributed by atoms with Gasteiger partial charge in [-0.15, -0.1) is 0 Å². The predicted molar refractivity (Wildman–Crippen MR) is 70.4 cm³/mol. The lowest BCUT2D eigenvalue weighted by Gasteiger charge is -2.07. The third kappa shape index (κ3) is 5.46. The van der Waals surface area contributed by atoms with Gasteiger partial charge in [0, 0.05) is 6.42 Å². The molecule has 0 spiro atoms. The molecule has 100 valence electrons. The highest BCUT2D eigenvalue weighted by molar-refractivity contribution is 9.10. The fourth-order valence-corrected chi connectivity index (χ4v) is 1.88. The molecule has 1 aromatic rings. The normalized spacial score (nSPS) is 10.2. The highest BCUT2D eigenvalue weighted by Gasteiger charge is 2.02. The summed E-state index contributed by atoms with van der Waals surface area (Å²) in [6.07, 6.45) is 2.92. The largest absolute Gasteiger partial charge is 0.492 e. The van der Waals surface area contributed by atoms with Crippen LogP contribution in [0.4, 0.5) is 4.39 Å². The van der Waals surface area contributed by atoms with E-state index in [1.807, 2.05) is 0 Å². The molecule has 0 aliphatic carbocycles.